The quantitative estimate of drug-likeness (QED) is 0.240. The van der Waals surface area contributed by atoms with E-state index in [-0.39, 0.29) is 24.2 Å². The van der Waals surface area contributed by atoms with Crippen molar-refractivity contribution in [2.45, 2.75) is 40.3 Å². The van der Waals surface area contributed by atoms with Crippen LogP contribution in [0.15, 0.2) is 23.4 Å². The summed E-state index contributed by atoms with van der Waals surface area (Å²) in [5, 5.41) is 5.40. The van der Waals surface area contributed by atoms with Gasteiger partial charge < -0.3 is 10.1 Å². The summed E-state index contributed by atoms with van der Waals surface area (Å²) in [7, 11) is 1.45. The van der Waals surface area contributed by atoms with Gasteiger partial charge in [0.15, 0.2) is 7.59 Å². The van der Waals surface area contributed by atoms with Crippen LogP contribution in [-0.2, 0) is 9.53 Å². The van der Waals surface area contributed by atoms with Gasteiger partial charge >= 0.3 is 0 Å². The average Bonchev–Trinajstić information content (AvgIpc) is 3.05. The van der Waals surface area contributed by atoms with Crippen LogP contribution >= 0.6 is 80.9 Å². The first kappa shape index (κ1) is 25.4. The predicted molar refractivity (Wildman–Crippen MR) is 116 cm³/mol. The Kier molecular flexibility index (Phi) is 10.3. The second kappa shape index (κ2) is 11.0. The van der Waals surface area contributed by atoms with Crippen LogP contribution < -0.4 is 5.32 Å². The van der Waals surface area contributed by atoms with Gasteiger partial charge in [0.25, 0.3) is 0 Å². The fourth-order valence-electron chi connectivity index (χ4n) is 2.09. The Bertz CT molecular complexity index is 628. The number of hydrogen-bond acceptors (Lipinski definition) is 4. The van der Waals surface area contributed by atoms with Crippen LogP contribution in [0.1, 0.15) is 37.7 Å². The molecule has 0 aromatic carbocycles. The first-order valence-corrected chi connectivity index (χ1v) is 11.1. The third-order valence-electron chi connectivity index (χ3n) is 3.83. The Labute approximate surface area is 193 Å². The number of rotatable bonds is 8. The number of nitrogens with zero attached hydrogens (tertiary/aromatic N) is 1. The number of halogens is 6. The summed E-state index contributed by atoms with van der Waals surface area (Å²) in [5.74, 6) is -0.647. The van der Waals surface area contributed by atoms with Gasteiger partial charge in [0.2, 0.25) is 5.91 Å². The SMILES string of the molecule is COC(=CC(=O)NC(CC(C)C(Cl)(Cl)Cl)c1nccs1)CC(C)C(Cl)(Cl)Cl. The number of thiazole rings is 1. The molecule has 27 heavy (non-hydrogen) atoms. The van der Waals surface area contributed by atoms with E-state index in [1.165, 1.54) is 24.5 Å². The summed E-state index contributed by atoms with van der Waals surface area (Å²) < 4.78 is 2.33. The maximum absolute atomic E-state index is 12.5. The molecule has 154 valence electrons. The normalized spacial score (nSPS) is 16.6. The van der Waals surface area contributed by atoms with Crippen molar-refractivity contribution in [1.29, 1.82) is 0 Å². The summed E-state index contributed by atoms with van der Waals surface area (Å²) in [6, 6.07) is -0.414. The van der Waals surface area contributed by atoms with Crippen LogP contribution in [0.5, 0.6) is 0 Å². The topological polar surface area (TPSA) is 51.2 Å². The molecule has 0 saturated heterocycles. The number of alkyl halides is 6. The highest BCUT2D eigenvalue weighted by Crippen LogP contribution is 2.40. The third kappa shape index (κ3) is 9.16. The van der Waals surface area contributed by atoms with E-state index >= 15 is 0 Å². The van der Waals surface area contributed by atoms with Crippen molar-refractivity contribution in [3.05, 3.63) is 28.4 Å². The number of allylic oxidation sites excluding steroid dienone is 1. The van der Waals surface area contributed by atoms with E-state index in [0.29, 0.717) is 17.2 Å². The van der Waals surface area contributed by atoms with Crippen LogP contribution in [0, 0.1) is 11.8 Å². The zero-order valence-corrected chi connectivity index (χ0v) is 20.2. The Morgan fingerprint density at radius 2 is 1.81 bits per heavy atom. The Morgan fingerprint density at radius 3 is 2.26 bits per heavy atom. The molecule has 0 spiro atoms. The van der Waals surface area contributed by atoms with E-state index in [0.717, 1.165) is 0 Å². The fraction of sp³-hybridized carbons (Fsp3) is 0.625. The molecule has 0 aliphatic carbocycles. The van der Waals surface area contributed by atoms with E-state index in [1.54, 1.807) is 20.0 Å². The highest BCUT2D eigenvalue weighted by Gasteiger charge is 2.33. The molecular weight excluding hydrogens is 497 g/mol. The van der Waals surface area contributed by atoms with Crippen LogP contribution in [0.2, 0.25) is 0 Å². The number of carbonyl (C=O) groups is 1. The average molecular weight is 517 g/mol. The molecule has 4 nitrogen and oxygen atoms in total. The number of aromatic nitrogens is 1. The minimum atomic E-state index is -1.46. The maximum Gasteiger partial charge on any atom is 0.247 e. The van der Waals surface area contributed by atoms with Crippen molar-refractivity contribution in [1.82, 2.24) is 10.3 Å². The van der Waals surface area contributed by atoms with Gasteiger partial charge in [-0.3, -0.25) is 4.79 Å². The summed E-state index contributed by atoms with van der Waals surface area (Å²) in [5.41, 5.74) is 0. The van der Waals surface area contributed by atoms with Crippen LogP contribution in [0.3, 0.4) is 0 Å². The Morgan fingerprint density at radius 1 is 1.22 bits per heavy atom. The van der Waals surface area contributed by atoms with Crippen molar-refractivity contribution in [3.63, 3.8) is 0 Å². The molecule has 1 aromatic heterocycles. The molecule has 1 amide bonds. The molecule has 0 saturated carbocycles. The number of amides is 1. The van der Waals surface area contributed by atoms with Gasteiger partial charge in [-0.1, -0.05) is 83.5 Å². The largest absolute Gasteiger partial charge is 0.501 e. The molecule has 0 aliphatic heterocycles. The molecule has 1 heterocycles. The van der Waals surface area contributed by atoms with E-state index in [1.807, 2.05) is 5.38 Å². The lowest BCUT2D eigenvalue weighted by Gasteiger charge is -2.25. The zero-order chi connectivity index (χ0) is 20.8. The highest BCUT2D eigenvalue weighted by molar-refractivity contribution is 7.09. The molecule has 0 fully saturated rings. The first-order chi connectivity index (χ1) is 12.3. The van der Waals surface area contributed by atoms with Crippen LogP contribution in [0.4, 0.5) is 0 Å². The van der Waals surface area contributed by atoms with Gasteiger partial charge in [-0.05, 0) is 6.42 Å². The number of ether oxygens (including phenoxy) is 1. The van der Waals surface area contributed by atoms with E-state index in [4.69, 9.17) is 74.3 Å². The number of hydrogen-bond donors (Lipinski definition) is 1. The van der Waals surface area contributed by atoms with E-state index in [2.05, 4.69) is 10.3 Å². The van der Waals surface area contributed by atoms with Gasteiger partial charge in [0.05, 0.1) is 13.2 Å². The zero-order valence-electron chi connectivity index (χ0n) is 14.8. The first-order valence-electron chi connectivity index (χ1n) is 7.92. The monoisotopic (exact) mass is 514 g/mol. The lowest BCUT2D eigenvalue weighted by molar-refractivity contribution is -0.117. The van der Waals surface area contributed by atoms with Crippen LogP contribution in [0.25, 0.3) is 0 Å². The minimum absolute atomic E-state index is 0.285. The third-order valence-corrected chi connectivity index (χ3v) is 6.96. The second-order valence-corrected chi connectivity index (χ2v) is 11.7. The molecule has 3 atom stereocenters. The maximum atomic E-state index is 12.5. The Balaban J connectivity index is 2.89. The van der Waals surface area contributed by atoms with Gasteiger partial charge in [0.1, 0.15) is 10.8 Å². The number of nitrogens with one attached hydrogen (secondary N) is 1. The highest BCUT2D eigenvalue weighted by atomic mass is 35.6. The van der Waals surface area contributed by atoms with E-state index in [9.17, 15) is 4.79 Å². The summed E-state index contributed by atoms with van der Waals surface area (Å²) >= 11 is 36.9. The van der Waals surface area contributed by atoms with Gasteiger partial charge in [-0.2, -0.15) is 0 Å². The number of methoxy groups -OCH3 is 1. The molecule has 0 bridgehead atoms. The second-order valence-electron chi connectivity index (χ2n) is 6.07. The summed E-state index contributed by atoms with van der Waals surface area (Å²) in [6.45, 7) is 3.54. The smallest absolute Gasteiger partial charge is 0.247 e. The number of carbonyl (C=O) groups excluding carboxylic acids is 1. The van der Waals surface area contributed by atoms with Crippen molar-refractivity contribution < 1.29 is 9.53 Å². The molecule has 3 unspecified atom stereocenters. The molecule has 1 N–H and O–H groups in total. The van der Waals surface area contributed by atoms with Crippen molar-refractivity contribution in [3.8, 4) is 0 Å². The van der Waals surface area contributed by atoms with E-state index < -0.39 is 13.6 Å². The molecule has 1 rings (SSSR count). The fourth-order valence-corrected chi connectivity index (χ4v) is 3.29. The predicted octanol–water partition coefficient (Wildman–Crippen LogP) is 6.62. The minimum Gasteiger partial charge on any atom is -0.501 e. The van der Waals surface area contributed by atoms with Crippen molar-refractivity contribution >= 4 is 86.8 Å². The summed E-state index contributed by atoms with van der Waals surface area (Å²) in [4.78, 5) is 16.7. The molecule has 1 aromatic rings. The van der Waals surface area contributed by atoms with Crippen molar-refractivity contribution in [2.24, 2.45) is 11.8 Å². The molecule has 0 radical (unpaired) electrons. The molecular formula is C16H20Cl6N2O2S. The lowest BCUT2D eigenvalue weighted by Crippen LogP contribution is -2.31. The molecule has 11 heteroatoms. The standard InChI is InChI=1S/C16H20Cl6N2O2S/c1-9(15(17,18)19)6-11(26-3)8-13(25)24-12(14-23-4-5-27-14)7-10(2)16(20,21)22/h4-5,8-10,12H,6-7H2,1-3H3,(H,24,25). The van der Waals surface area contributed by atoms with Gasteiger partial charge in [-0.25, -0.2) is 4.98 Å². The van der Waals surface area contributed by atoms with Gasteiger partial charge in [0, 0.05) is 35.9 Å². The van der Waals surface area contributed by atoms with Crippen molar-refractivity contribution in [2.75, 3.05) is 7.11 Å². The molecule has 0 aliphatic rings. The summed E-state index contributed by atoms with van der Waals surface area (Å²) in [6.07, 6.45) is 3.66. The van der Waals surface area contributed by atoms with Gasteiger partial charge in [-0.15, -0.1) is 11.3 Å². The Hall–Kier alpha value is 0.380. The van der Waals surface area contributed by atoms with Crippen LogP contribution in [-0.4, -0.2) is 25.6 Å². The lowest BCUT2D eigenvalue weighted by atomic mass is 10.0.